The highest BCUT2D eigenvalue weighted by atomic mass is 32.2. The summed E-state index contributed by atoms with van der Waals surface area (Å²) < 4.78 is 0. The van der Waals surface area contributed by atoms with E-state index in [9.17, 15) is 0 Å². The maximum Gasteiger partial charge on any atom is 0.00477 e. The van der Waals surface area contributed by atoms with Crippen LogP contribution in [0.3, 0.4) is 0 Å². The topological polar surface area (TPSA) is 0 Å². The van der Waals surface area contributed by atoms with Crippen LogP contribution in [0.1, 0.15) is 39.5 Å². The van der Waals surface area contributed by atoms with Crippen LogP contribution in [0.2, 0.25) is 0 Å². The Hall–Kier alpha value is 0.700. The van der Waals surface area contributed by atoms with Crippen molar-refractivity contribution in [3.8, 4) is 0 Å². The van der Waals surface area contributed by atoms with Gasteiger partial charge in [-0.1, -0.05) is 13.8 Å². The van der Waals surface area contributed by atoms with Crippen LogP contribution in [-0.4, -0.2) is 22.0 Å². The lowest BCUT2D eigenvalue weighted by atomic mass is 10.00. The van der Waals surface area contributed by atoms with Gasteiger partial charge in [-0.25, -0.2) is 0 Å². The van der Waals surface area contributed by atoms with Gasteiger partial charge in [-0.15, -0.1) is 0 Å². The summed E-state index contributed by atoms with van der Waals surface area (Å²) in [6.45, 7) is 4.55. The Morgan fingerprint density at radius 3 is 1.42 bits per heavy atom. The maximum absolute atomic E-state index is 2.28. The molecule has 0 atom stereocenters. The summed E-state index contributed by atoms with van der Waals surface area (Å²) in [6.07, 6.45) is 5.87. The van der Waals surface area contributed by atoms with Gasteiger partial charge >= 0.3 is 0 Å². The number of thioether (sulfide) groups is 2. The Morgan fingerprint density at radius 2 is 1.17 bits per heavy atom. The molecule has 0 bridgehead atoms. The lowest BCUT2D eigenvalue weighted by Crippen LogP contribution is -2.18. The first-order valence-corrected chi connectivity index (χ1v) is 7.19. The van der Waals surface area contributed by atoms with E-state index in [-0.39, 0.29) is 0 Å². The molecule has 2 heteroatoms. The molecule has 0 aromatic carbocycles. The first-order chi connectivity index (χ1) is 5.86. The van der Waals surface area contributed by atoms with Crippen molar-refractivity contribution < 1.29 is 0 Å². The summed E-state index contributed by atoms with van der Waals surface area (Å²) in [4.78, 5) is 0. The molecular weight excluding hydrogens is 184 g/mol. The highest BCUT2D eigenvalue weighted by molar-refractivity contribution is 8.00. The van der Waals surface area contributed by atoms with E-state index in [0.29, 0.717) is 0 Å². The van der Waals surface area contributed by atoms with E-state index < -0.39 is 0 Å². The van der Waals surface area contributed by atoms with Crippen LogP contribution in [0, 0.1) is 0 Å². The second-order valence-corrected chi connectivity index (χ2v) is 6.46. The summed E-state index contributed by atoms with van der Waals surface area (Å²) in [6, 6.07) is 0. The molecule has 72 valence electrons. The fourth-order valence-corrected chi connectivity index (χ4v) is 3.99. The second kappa shape index (κ2) is 6.20. The van der Waals surface area contributed by atoms with E-state index in [1.165, 1.54) is 37.2 Å². The van der Waals surface area contributed by atoms with Crippen LogP contribution in [0.5, 0.6) is 0 Å². The molecule has 0 spiro atoms. The molecule has 1 saturated carbocycles. The third kappa shape index (κ3) is 3.61. The quantitative estimate of drug-likeness (QED) is 0.683. The third-order valence-corrected chi connectivity index (χ3v) is 4.98. The van der Waals surface area contributed by atoms with Crippen LogP contribution in [0.4, 0.5) is 0 Å². The Labute approximate surface area is 85.3 Å². The van der Waals surface area contributed by atoms with E-state index in [1.807, 2.05) is 0 Å². The van der Waals surface area contributed by atoms with Gasteiger partial charge < -0.3 is 0 Å². The van der Waals surface area contributed by atoms with Gasteiger partial charge in [-0.3, -0.25) is 0 Å². The van der Waals surface area contributed by atoms with Gasteiger partial charge in [0.2, 0.25) is 0 Å². The molecular formula is C10H20S2. The van der Waals surface area contributed by atoms with Crippen molar-refractivity contribution in [3.05, 3.63) is 0 Å². The van der Waals surface area contributed by atoms with Crippen molar-refractivity contribution in [1.82, 2.24) is 0 Å². The van der Waals surface area contributed by atoms with Crippen molar-refractivity contribution in [3.63, 3.8) is 0 Å². The zero-order chi connectivity index (χ0) is 8.81. The van der Waals surface area contributed by atoms with E-state index in [0.717, 1.165) is 10.5 Å². The van der Waals surface area contributed by atoms with E-state index in [4.69, 9.17) is 0 Å². The van der Waals surface area contributed by atoms with Crippen molar-refractivity contribution in [2.75, 3.05) is 11.5 Å². The minimum absolute atomic E-state index is 0.990. The summed E-state index contributed by atoms with van der Waals surface area (Å²) in [5.41, 5.74) is 0. The minimum atomic E-state index is 0.990. The van der Waals surface area contributed by atoms with E-state index in [2.05, 4.69) is 37.4 Å². The third-order valence-electron chi connectivity index (χ3n) is 2.43. The molecule has 1 aliphatic carbocycles. The molecule has 0 heterocycles. The molecule has 1 aliphatic rings. The minimum Gasteiger partial charge on any atom is -0.159 e. The summed E-state index contributed by atoms with van der Waals surface area (Å²) in [7, 11) is 0. The second-order valence-electron chi connectivity index (χ2n) is 3.31. The Morgan fingerprint density at radius 1 is 0.833 bits per heavy atom. The zero-order valence-corrected chi connectivity index (χ0v) is 9.85. The van der Waals surface area contributed by atoms with Gasteiger partial charge in [-0.2, -0.15) is 23.5 Å². The van der Waals surface area contributed by atoms with Gasteiger partial charge in [0, 0.05) is 10.5 Å². The lowest BCUT2D eigenvalue weighted by Gasteiger charge is -2.27. The van der Waals surface area contributed by atoms with Crippen molar-refractivity contribution in [2.24, 2.45) is 0 Å². The van der Waals surface area contributed by atoms with Gasteiger partial charge in [-0.05, 0) is 37.2 Å². The van der Waals surface area contributed by atoms with Crippen molar-refractivity contribution in [2.45, 2.75) is 50.0 Å². The molecule has 0 radical (unpaired) electrons. The molecule has 0 unspecified atom stereocenters. The van der Waals surface area contributed by atoms with Crippen LogP contribution < -0.4 is 0 Å². The molecule has 0 aromatic rings. The first-order valence-electron chi connectivity index (χ1n) is 5.10. The molecule has 0 saturated heterocycles. The first kappa shape index (κ1) is 10.8. The van der Waals surface area contributed by atoms with Crippen molar-refractivity contribution in [1.29, 1.82) is 0 Å². The lowest BCUT2D eigenvalue weighted by molar-refractivity contribution is 0.528. The predicted octanol–water partition coefficient (Wildman–Crippen LogP) is 3.80. The number of hydrogen-bond donors (Lipinski definition) is 0. The van der Waals surface area contributed by atoms with Crippen LogP contribution in [0.25, 0.3) is 0 Å². The monoisotopic (exact) mass is 204 g/mol. The number of hydrogen-bond acceptors (Lipinski definition) is 2. The highest BCUT2D eigenvalue weighted by Gasteiger charge is 2.20. The molecule has 0 aliphatic heterocycles. The Kier molecular flexibility index (Phi) is 5.57. The fourth-order valence-electron chi connectivity index (χ4n) is 1.84. The molecule has 12 heavy (non-hydrogen) atoms. The molecule has 0 amide bonds. The molecule has 0 aromatic heterocycles. The van der Waals surface area contributed by atoms with Crippen LogP contribution >= 0.6 is 23.5 Å². The molecule has 1 fully saturated rings. The smallest absolute Gasteiger partial charge is 0.00477 e. The van der Waals surface area contributed by atoms with Crippen molar-refractivity contribution >= 4 is 23.5 Å². The number of rotatable bonds is 4. The predicted molar refractivity (Wildman–Crippen MR) is 62.3 cm³/mol. The molecule has 0 nitrogen and oxygen atoms in total. The fraction of sp³-hybridized carbons (Fsp3) is 1.00. The molecule has 0 N–H and O–H groups in total. The normalized spacial score (nSPS) is 30.5. The van der Waals surface area contributed by atoms with Crippen LogP contribution in [-0.2, 0) is 0 Å². The van der Waals surface area contributed by atoms with Gasteiger partial charge in [0.1, 0.15) is 0 Å². The maximum atomic E-state index is 2.28. The summed E-state index contributed by atoms with van der Waals surface area (Å²) >= 11 is 4.33. The standard InChI is InChI=1S/C10H20S2/c1-3-11-9-5-7-10(8-6-9)12-4-2/h9-10H,3-8H2,1-2H3. The van der Waals surface area contributed by atoms with Gasteiger partial charge in [0.05, 0.1) is 0 Å². The van der Waals surface area contributed by atoms with E-state index >= 15 is 0 Å². The van der Waals surface area contributed by atoms with Gasteiger partial charge in [0.15, 0.2) is 0 Å². The van der Waals surface area contributed by atoms with Gasteiger partial charge in [0.25, 0.3) is 0 Å². The average molecular weight is 204 g/mol. The average Bonchev–Trinajstić information content (AvgIpc) is 2.09. The van der Waals surface area contributed by atoms with Crippen LogP contribution in [0.15, 0.2) is 0 Å². The summed E-state index contributed by atoms with van der Waals surface area (Å²) in [5.74, 6) is 2.60. The Bertz CT molecular complexity index is 92.4. The van der Waals surface area contributed by atoms with E-state index in [1.54, 1.807) is 0 Å². The zero-order valence-electron chi connectivity index (χ0n) is 8.21. The Balaban J connectivity index is 2.11. The summed E-state index contributed by atoms with van der Waals surface area (Å²) in [5, 5.41) is 1.98. The SMILES string of the molecule is CCSC1CCC(SCC)CC1. The largest absolute Gasteiger partial charge is 0.159 e. The molecule has 1 rings (SSSR count). The highest BCUT2D eigenvalue weighted by Crippen LogP contribution is 2.33.